The average molecular weight is 454 g/mol. The molecule has 3 amide bonds. The zero-order chi connectivity index (χ0) is 22.6. The third-order valence-electron chi connectivity index (χ3n) is 6.98. The molecule has 3 fully saturated rings. The maximum Gasteiger partial charge on any atom is 0.273 e. The number of hydrogen-bond acceptors (Lipinski definition) is 5. The number of rotatable bonds is 5. The Hall–Kier alpha value is -3.26. The van der Waals surface area contributed by atoms with Crippen LogP contribution in [0.2, 0.25) is 5.02 Å². The van der Waals surface area contributed by atoms with Crippen LogP contribution >= 0.6 is 11.6 Å². The van der Waals surface area contributed by atoms with Gasteiger partial charge in [0.2, 0.25) is 0 Å². The van der Waals surface area contributed by atoms with Gasteiger partial charge in [0.05, 0.1) is 23.3 Å². The van der Waals surface area contributed by atoms with Crippen molar-refractivity contribution in [3.63, 3.8) is 0 Å². The minimum Gasteiger partial charge on any atom is -0.272 e. The minimum absolute atomic E-state index is 0.0677. The number of non-ortho nitro benzene ring substituents is 1. The normalized spacial score (nSPS) is 25.8. The third kappa shape index (κ3) is 3.17. The summed E-state index contributed by atoms with van der Waals surface area (Å²) in [6, 6.07) is 12.0. The number of halogens is 1. The largest absolute Gasteiger partial charge is 0.273 e. The maximum atomic E-state index is 13.5. The summed E-state index contributed by atoms with van der Waals surface area (Å²) < 4.78 is 0. The van der Waals surface area contributed by atoms with Gasteiger partial charge in [-0.15, -0.1) is 0 Å². The Morgan fingerprint density at radius 3 is 2.19 bits per heavy atom. The Balaban J connectivity index is 1.52. The average Bonchev–Trinajstić information content (AvgIpc) is 3.47. The van der Waals surface area contributed by atoms with Gasteiger partial charge in [-0.1, -0.05) is 29.8 Å². The summed E-state index contributed by atoms with van der Waals surface area (Å²) in [5.41, 5.74) is 0.576. The van der Waals surface area contributed by atoms with Crippen molar-refractivity contribution < 1.29 is 19.3 Å². The highest BCUT2D eigenvalue weighted by Gasteiger charge is 2.62. The number of hydrazine groups is 1. The summed E-state index contributed by atoms with van der Waals surface area (Å²) in [6.07, 6.45) is 2.75. The van der Waals surface area contributed by atoms with Crippen LogP contribution in [-0.4, -0.2) is 32.7 Å². The van der Waals surface area contributed by atoms with Crippen LogP contribution in [0.3, 0.4) is 0 Å². The first-order valence-corrected chi connectivity index (χ1v) is 10.9. The Bertz CT molecular complexity index is 1110. The molecule has 164 valence electrons. The molecule has 2 aromatic carbocycles. The Morgan fingerprint density at radius 2 is 1.62 bits per heavy atom. The lowest BCUT2D eigenvalue weighted by Gasteiger charge is -2.31. The van der Waals surface area contributed by atoms with Crippen LogP contribution in [0, 0.1) is 33.8 Å². The van der Waals surface area contributed by atoms with E-state index in [1.165, 1.54) is 24.3 Å². The van der Waals surface area contributed by atoms with E-state index >= 15 is 0 Å². The van der Waals surface area contributed by atoms with Crippen molar-refractivity contribution in [2.24, 2.45) is 23.7 Å². The number of hydrogen-bond donors (Lipinski definition) is 0. The van der Waals surface area contributed by atoms with Crippen LogP contribution in [0.1, 0.15) is 35.2 Å². The first kappa shape index (κ1) is 20.6. The fourth-order valence-electron chi connectivity index (χ4n) is 5.53. The number of carbonyl (C=O) groups is 3. The summed E-state index contributed by atoms with van der Waals surface area (Å²) in [7, 11) is 0. The minimum atomic E-state index is -0.589. The van der Waals surface area contributed by atoms with Gasteiger partial charge < -0.3 is 0 Å². The number of carbonyl (C=O) groups excluding carboxylic acids is 3. The molecule has 0 radical (unpaired) electrons. The first-order chi connectivity index (χ1) is 15.4. The summed E-state index contributed by atoms with van der Waals surface area (Å²) in [6.45, 7) is -0.0677. The molecule has 2 aliphatic carbocycles. The third-order valence-corrected chi connectivity index (χ3v) is 7.35. The van der Waals surface area contributed by atoms with Crippen LogP contribution in [0.15, 0.2) is 48.5 Å². The number of benzene rings is 2. The van der Waals surface area contributed by atoms with Gasteiger partial charge in [0.15, 0.2) is 0 Å². The van der Waals surface area contributed by atoms with E-state index in [1.54, 1.807) is 24.3 Å². The molecular weight excluding hydrogens is 434 g/mol. The van der Waals surface area contributed by atoms with E-state index in [4.69, 9.17) is 11.6 Å². The molecule has 9 heteroatoms. The van der Waals surface area contributed by atoms with Gasteiger partial charge >= 0.3 is 0 Å². The number of imide groups is 1. The summed E-state index contributed by atoms with van der Waals surface area (Å²) in [5.74, 6) is -1.65. The number of nitro groups is 1. The quantitative estimate of drug-likeness (QED) is 0.389. The molecule has 1 saturated heterocycles. The molecule has 2 bridgehead atoms. The lowest BCUT2D eigenvalue weighted by atomic mass is 9.81. The summed E-state index contributed by atoms with van der Waals surface area (Å²) in [4.78, 5) is 50.6. The highest BCUT2D eigenvalue weighted by atomic mass is 35.5. The maximum absolute atomic E-state index is 13.5. The predicted molar refractivity (Wildman–Crippen MR) is 114 cm³/mol. The standard InChI is InChI=1S/C23H20ClN3O5/c24-18-4-2-1-3-16(18)12-25(21(28)13-7-9-17(10-8-13)27(31)32)26-22(29)19-14-5-6-15(11-14)20(19)23(26)30/h1-4,7-10,14-15,19-20H,5-6,11-12H2/t14-,15-,19+,20+/m0/s1. The smallest absolute Gasteiger partial charge is 0.272 e. The van der Waals surface area contributed by atoms with E-state index in [0.717, 1.165) is 29.3 Å². The first-order valence-electron chi connectivity index (χ1n) is 10.5. The second kappa shape index (κ2) is 7.70. The van der Waals surface area contributed by atoms with Crippen LogP contribution in [0.25, 0.3) is 0 Å². The van der Waals surface area contributed by atoms with Gasteiger partial charge in [-0.05, 0) is 54.9 Å². The fraction of sp³-hybridized carbons (Fsp3) is 0.348. The van der Waals surface area contributed by atoms with Gasteiger partial charge in [0.25, 0.3) is 23.4 Å². The summed E-state index contributed by atoms with van der Waals surface area (Å²) in [5, 5.41) is 13.5. The number of fused-ring (bicyclic) bond motifs is 5. The van der Waals surface area contributed by atoms with Crippen LogP contribution < -0.4 is 0 Å². The van der Waals surface area contributed by atoms with Gasteiger partial charge in [0.1, 0.15) is 0 Å². The second-order valence-electron chi connectivity index (χ2n) is 8.63. The van der Waals surface area contributed by atoms with E-state index in [1.807, 2.05) is 0 Å². The number of nitro benzene ring substituents is 1. The molecule has 8 nitrogen and oxygen atoms in total. The predicted octanol–water partition coefficient (Wildman–Crippen LogP) is 3.84. The van der Waals surface area contributed by atoms with Crippen LogP contribution in [0.5, 0.6) is 0 Å². The van der Waals surface area contributed by atoms with Crippen molar-refractivity contribution in [2.75, 3.05) is 0 Å². The van der Waals surface area contributed by atoms with Gasteiger partial charge in [-0.25, -0.2) is 5.01 Å². The Labute approximate surface area is 188 Å². The Kier molecular flexibility index (Phi) is 4.97. The van der Waals surface area contributed by atoms with E-state index in [0.29, 0.717) is 10.6 Å². The van der Waals surface area contributed by atoms with Crippen molar-refractivity contribution in [3.8, 4) is 0 Å². The van der Waals surface area contributed by atoms with Gasteiger partial charge in [-0.2, -0.15) is 5.01 Å². The number of amides is 3. The zero-order valence-electron chi connectivity index (χ0n) is 17.0. The SMILES string of the molecule is O=C(c1ccc([N+](=O)[O-])cc1)N(Cc1ccccc1Cl)N1C(=O)[C@@H]2[C@H]3CC[C@@H](C3)[C@H]2C1=O. The van der Waals surface area contributed by atoms with E-state index in [2.05, 4.69) is 0 Å². The molecule has 1 heterocycles. The molecule has 0 spiro atoms. The van der Waals surface area contributed by atoms with Crippen molar-refractivity contribution in [1.29, 1.82) is 0 Å². The molecule has 32 heavy (non-hydrogen) atoms. The second-order valence-corrected chi connectivity index (χ2v) is 9.04. The molecule has 0 aromatic heterocycles. The highest BCUT2D eigenvalue weighted by molar-refractivity contribution is 6.31. The van der Waals surface area contributed by atoms with Gasteiger partial charge in [0, 0.05) is 22.7 Å². The molecule has 4 atom stereocenters. The van der Waals surface area contributed by atoms with Crippen molar-refractivity contribution in [2.45, 2.75) is 25.8 Å². The lowest BCUT2D eigenvalue weighted by Crippen LogP contribution is -2.50. The van der Waals surface area contributed by atoms with Crippen molar-refractivity contribution in [1.82, 2.24) is 10.0 Å². The molecular formula is C23H20ClN3O5. The lowest BCUT2D eigenvalue weighted by molar-refractivity contribution is -0.384. The fourth-order valence-corrected chi connectivity index (χ4v) is 5.72. The molecule has 5 rings (SSSR count). The topological polar surface area (TPSA) is 101 Å². The van der Waals surface area contributed by atoms with Crippen LogP contribution in [0.4, 0.5) is 5.69 Å². The van der Waals surface area contributed by atoms with Crippen LogP contribution in [-0.2, 0) is 16.1 Å². The summed E-state index contributed by atoms with van der Waals surface area (Å²) >= 11 is 6.30. The van der Waals surface area contributed by atoms with E-state index < -0.39 is 10.8 Å². The molecule has 2 aromatic rings. The monoisotopic (exact) mass is 453 g/mol. The molecule has 0 unspecified atom stereocenters. The molecule has 2 saturated carbocycles. The zero-order valence-corrected chi connectivity index (χ0v) is 17.8. The molecule has 3 aliphatic rings. The van der Waals surface area contributed by atoms with Crippen molar-refractivity contribution in [3.05, 3.63) is 74.8 Å². The Morgan fingerprint density at radius 1 is 1.03 bits per heavy atom. The van der Waals surface area contributed by atoms with E-state index in [9.17, 15) is 24.5 Å². The van der Waals surface area contributed by atoms with Gasteiger partial charge in [-0.3, -0.25) is 24.5 Å². The molecule has 1 aliphatic heterocycles. The highest BCUT2D eigenvalue weighted by Crippen LogP contribution is 2.56. The molecule has 0 N–H and O–H groups in total. The van der Waals surface area contributed by atoms with E-state index in [-0.39, 0.29) is 53.3 Å². The van der Waals surface area contributed by atoms with Crippen molar-refractivity contribution >= 4 is 35.0 Å². The number of nitrogens with zero attached hydrogens (tertiary/aromatic N) is 3.